The standard InChI is InChI=1S/C20H21BrN2OS/c1-2-22-20(25)18(19(24)15-8-5-9-17(21)12-15)23-11-10-14-6-3-4-7-16(14)13-23/h5,8-13,18H,2-4,6-7H2,1H3/p+1. The zero-order chi connectivity index (χ0) is 17.8. The van der Waals surface area contributed by atoms with E-state index < -0.39 is 6.04 Å². The van der Waals surface area contributed by atoms with Crippen LogP contribution in [0.2, 0.25) is 0 Å². The fourth-order valence-corrected chi connectivity index (χ4v) is 4.08. The molecule has 0 bridgehead atoms. The number of aromatic nitrogens is 1. The van der Waals surface area contributed by atoms with Gasteiger partial charge in [-0.05, 0) is 50.3 Å². The third kappa shape index (κ3) is 4.15. The van der Waals surface area contributed by atoms with Crippen LogP contribution in [0.1, 0.15) is 47.3 Å². The molecule has 3 rings (SSSR count). The summed E-state index contributed by atoms with van der Waals surface area (Å²) >= 11 is 9.00. The summed E-state index contributed by atoms with van der Waals surface area (Å²) in [5, 5.41) is 3.17. The number of carbonyl (C=O) groups excluding carboxylic acids is 1. The fraction of sp³-hybridized carbons (Fsp3) is 0.350. The molecule has 25 heavy (non-hydrogen) atoms. The second kappa shape index (κ2) is 8.19. The highest BCUT2D eigenvalue weighted by molar-refractivity contribution is 9.10. The van der Waals surface area contributed by atoms with Gasteiger partial charge in [-0.15, -0.1) is 0 Å². The first-order valence-electron chi connectivity index (χ1n) is 8.70. The van der Waals surface area contributed by atoms with Gasteiger partial charge in [0.15, 0.2) is 17.4 Å². The summed E-state index contributed by atoms with van der Waals surface area (Å²) in [4.78, 5) is 13.8. The number of halogens is 1. The van der Waals surface area contributed by atoms with E-state index in [0.29, 0.717) is 17.1 Å². The highest BCUT2D eigenvalue weighted by atomic mass is 79.9. The van der Waals surface area contributed by atoms with Gasteiger partial charge >= 0.3 is 0 Å². The molecule has 1 unspecified atom stereocenters. The smallest absolute Gasteiger partial charge is 0.270 e. The number of ketones is 1. The normalized spacial score (nSPS) is 14.5. The van der Waals surface area contributed by atoms with E-state index in [1.807, 2.05) is 42.0 Å². The van der Waals surface area contributed by atoms with Crippen molar-refractivity contribution in [2.45, 2.75) is 38.6 Å². The van der Waals surface area contributed by atoms with E-state index >= 15 is 0 Å². The van der Waals surface area contributed by atoms with Gasteiger partial charge in [-0.25, -0.2) is 0 Å². The predicted octanol–water partition coefficient (Wildman–Crippen LogP) is 3.98. The van der Waals surface area contributed by atoms with Crippen molar-refractivity contribution < 1.29 is 9.36 Å². The molecule has 1 aliphatic rings. The second-order valence-electron chi connectivity index (χ2n) is 6.32. The highest BCUT2D eigenvalue weighted by Crippen LogP contribution is 2.21. The predicted molar refractivity (Wildman–Crippen MR) is 107 cm³/mol. The number of aryl methyl sites for hydroxylation is 2. The number of carbonyl (C=O) groups is 1. The summed E-state index contributed by atoms with van der Waals surface area (Å²) in [6, 6.07) is 9.11. The van der Waals surface area contributed by atoms with Crippen molar-refractivity contribution in [3.63, 3.8) is 0 Å². The zero-order valence-corrected chi connectivity index (χ0v) is 16.7. The topological polar surface area (TPSA) is 33.0 Å². The van der Waals surface area contributed by atoms with Crippen molar-refractivity contribution in [2.24, 2.45) is 0 Å². The van der Waals surface area contributed by atoms with Crippen molar-refractivity contribution in [3.8, 4) is 0 Å². The molecule has 2 aromatic rings. The minimum Gasteiger partial charge on any atom is -0.374 e. The molecule has 0 radical (unpaired) electrons. The van der Waals surface area contributed by atoms with Crippen LogP contribution in [0.15, 0.2) is 47.2 Å². The third-order valence-electron chi connectivity index (χ3n) is 4.56. The molecule has 1 heterocycles. The minimum atomic E-state index is -0.517. The Hall–Kier alpha value is -1.59. The molecule has 1 atom stereocenters. The van der Waals surface area contributed by atoms with E-state index in [2.05, 4.69) is 33.5 Å². The molecule has 1 N–H and O–H groups in total. The van der Waals surface area contributed by atoms with Crippen LogP contribution >= 0.6 is 28.1 Å². The Labute approximate surface area is 162 Å². The van der Waals surface area contributed by atoms with Crippen molar-refractivity contribution in [1.29, 1.82) is 0 Å². The number of hydrogen-bond acceptors (Lipinski definition) is 2. The Morgan fingerprint density at radius 1 is 1.28 bits per heavy atom. The average molecular weight is 418 g/mol. The lowest BCUT2D eigenvalue weighted by Gasteiger charge is -2.18. The number of benzene rings is 1. The molecule has 1 aromatic heterocycles. The molecule has 0 spiro atoms. The van der Waals surface area contributed by atoms with E-state index in [0.717, 1.165) is 17.3 Å². The van der Waals surface area contributed by atoms with E-state index in [9.17, 15) is 4.79 Å². The van der Waals surface area contributed by atoms with Gasteiger partial charge in [0.1, 0.15) is 0 Å². The number of thiocarbonyl (C=S) groups is 1. The number of pyridine rings is 1. The largest absolute Gasteiger partial charge is 0.374 e. The van der Waals surface area contributed by atoms with E-state index in [1.165, 1.54) is 24.0 Å². The fourth-order valence-electron chi connectivity index (χ4n) is 3.31. The van der Waals surface area contributed by atoms with E-state index in [-0.39, 0.29) is 5.78 Å². The number of hydrogen-bond donors (Lipinski definition) is 1. The quantitative estimate of drug-likeness (QED) is 0.453. The van der Waals surface area contributed by atoms with Gasteiger partial charge in [0, 0.05) is 28.2 Å². The molecular weight excluding hydrogens is 396 g/mol. The number of nitrogens with one attached hydrogen (secondary N) is 1. The molecule has 130 valence electrons. The van der Waals surface area contributed by atoms with Crippen LogP contribution in [-0.2, 0) is 12.8 Å². The lowest BCUT2D eigenvalue weighted by atomic mass is 9.93. The Kier molecular flexibility index (Phi) is 5.97. The summed E-state index contributed by atoms with van der Waals surface area (Å²) in [6.45, 7) is 2.69. The first kappa shape index (κ1) is 18.2. The molecule has 5 heteroatoms. The maximum atomic E-state index is 13.2. The van der Waals surface area contributed by atoms with E-state index in [4.69, 9.17) is 12.2 Å². The van der Waals surface area contributed by atoms with Crippen LogP contribution in [0, 0.1) is 0 Å². The van der Waals surface area contributed by atoms with Crippen LogP contribution < -0.4 is 9.88 Å². The van der Waals surface area contributed by atoms with Crippen LogP contribution in [0.3, 0.4) is 0 Å². The zero-order valence-electron chi connectivity index (χ0n) is 14.3. The monoisotopic (exact) mass is 417 g/mol. The summed E-state index contributed by atoms with van der Waals surface area (Å²) in [7, 11) is 0. The van der Waals surface area contributed by atoms with Crippen molar-refractivity contribution in [3.05, 3.63) is 63.9 Å². The van der Waals surface area contributed by atoms with Crippen LogP contribution in [-0.4, -0.2) is 17.3 Å². The Morgan fingerprint density at radius 2 is 2.04 bits per heavy atom. The molecule has 1 aromatic carbocycles. The van der Waals surface area contributed by atoms with E-state index in [1.54, 1.807) is 0 Å². The maximum Gasteiger partial charge on any atom is 0.270 e. The first-order chi connectivity index (χ1) is 12.1. The van der Waals surface area contributed by atoms with Crippen LogP contribution in [0.4, 0.5) is 0 Å². The highest BCUT2D eigenvalue weighted by Gasteiger charge is 2.33. The van der Waals surface area contributed by atoms with Gasteiger partial charge in [-0.3, -0.25) is 4.79 Å². The minimum absolute atomic E-state index is 0.00742. The van der Waals surface area contributed by atoms with Crippen molar-refractivity contribution in [1.82, 2.24) is 5.32 Å². The summed E-state index contributed by atoms with van der Waals surface area (Å²) in [5.41, 5.74) is 3.38. The maximum absolute atomic E-state index is 13.2. The Bertz CT molecular complexity index is 806. The SMILES string of the molecule is CCNC(=S)C(C(=O)c1cccc(Br)c1)[n+]1ccc2c(c1)CCCC2. The lowest BCUT2D eigenvalue weighted by Crippen LogP contribution is -2.51. The van der Waals surface area contributed by atoms with Gasteiger partial charge in [0.25, 0.3) is 6.04 Å². The second-order valence-corrected chi connectivity index (χ2v) is 7.68. The Balaban J connectivity index is 2.00. The summed E-state index contributed by atoms with van der Waals surface area (Å²) in [5.74, 6) is 0.00742. The Morgan fingerprint density at radius 3 is 2.76 bits per heavy atom. The van der Waals surface area contributed by atoms with Gasteiger partial charge < -0.3 is 5.32 Å². The number of nitrogens with zero attached hydrogens (tertiary/aromatic N) is 1. The third-order valence-corrected chi connectivity index (χ3v) is 5.42. The van der Waals surface area contributed by atoms with Crippen LogP contribution in [0.5, 0.6) is 0 Å². The van der Waals surface area contributed by atoms with Crippen molar-refractivity contribution >= 4 is 38.9 Å². The summed E-state index contributed by atoms with van der Waals surface area (Å²) < 4.78 is 2.86. The van der Waals surface area contributed by atoms with Crippen molar-refractivity contribution in [2.75, 3.05) is 6.54 Å². The molecular formula is C20H22BrN2OS+. The molecule has 0 amide bonds. The molecule has 0 aliphatic heterocycles. The molecule has 0 fully saturated rings. The average Bonchev–Trinajstić information content (AvgIpc) is 2.62. The number of rotatable bonds is 5. The first-order valence-corrected chi connectivity index (χ1v) is 9.90. The lowest BCUT2D eigenvalue weighted by molar-refractivity contribution is -0.692. The van der Waals surface area contributed by atoms with Crippen LogP contribution in [0.25, 0.3) is 0 Å². The number of Topliss-reactive ketones (excluding diaryl/α,β-unsaturated/α-hetero) is 1. The molecule has 0 saturated heterocycles. The van der Waals surface area contributed by atoms with Gasteiger partial charge in [-0.2, -0.15) is 4.57 Å². The van der Waals surface area contributed by atoms with Gasteiger partial charge in [0.2, 0.25) is 5.78 Å². The number of fused-ring (bicyclic) bond motifs is 1. The molecule has 1 aliphatic carbocycles. The summed E-state index contributed by atoms with van der Waals surface area (Å²) in [6.07, 6.45) is 8.75. The van der Waals surface area contributed by atoms with Gasteiger partial charge in [-0.1, -0.05) is 40.3 Å². The van der Waals surface area contributed by atoms with Gasteiger partial charge in [0.05, 0.1) is 0 Å². The molecule has 0 saturated carbocycles. The number of likely N-dealkylation sites (N-methyl/N-ethyl adjacent to an activating group) is 1. The molecule has 3 nitrogen and oxygen atoms in total.